The number of hydrogen-bond donors (Lipinski definition) is 8. The monoisotopic (exact) mass is 854 g/mol. The molecule has 61 heavy (non-hydrogen) atoms. The number of rotatable bonds is 23. The number of nitrogens with one attached hydrogen (secondary N) is 5. The van der Waals surface area contributed by atoms with Gasteiger partial charge in [-0.05, 0) is 54.2 Å². The molecule has 1 aliphatic heterocycles. The molecule has 0 spiro atoms. The smallest absolute Gasteiger partial charge is 0.398 e. The Labute approximate surface area is 355 Å². The number of benzene rings is 4. The van der Waals surface area contributed by atoms with E-state index in [0.717, 1.165) is 22.4 Å². The molecule has 6 atom stereocenters. The van der Waals surface area contributed by atoms with Crippen LogP contribution >= 0.6 is 7.60 Å². The van der Waals surface area contributed by atoms with Crippen LogP contribution in [-0.4, -0.2) is 78.1 Å². The Morgan fingerprint density at radius 1 is 0.787 bits per heavy atom. The second kappa shape index (κ2) is 23.0. The second-order valence-corrected chi connectivity index (χ2v) is 16.6. The van der Waals surface area contributed by atoms with Crippen LogP contribution in [0.3, 0.4) is 0 Å². The van der Waals surface area contributed by atoms with Crippen LogP contribution in [0, 0.1) is 0 Å². The van der Waals surface area contributed by atoms with Gasteiger partial charge in [0.2, 0.25) is 23.6 Å². The molecule has 16 nitrogen and oxygen atoms in total. The van der Waals surface area contributed by atoms with Crippen molar-refractivity contribution >= 4 is 42.9 Å². The number of amides is 4. The first-order valence-corrected chi connectivity index (χ1v) is 21.9. The molecule has 0 fully saturated rings. The zero-order valence-electron chi connectivity index (χ0n) is 34.1. The molecule has 4 aromatic rings. The summed E-state index contributed by atoms with van der Waals surface area (Å²) in [5.74, 6) is -4.24. The van der Waals surface area contributed by atoms with Gasteiger partial charge in [0.25, 0.3) is 0 Å². The summed E-state index contributed by atoms with van der Waals surface area (Å²) in [7, 11) is -4.62. The minimum absolute atomic E-state index is 0.0596. The van der Waals surface area contributed by atoms with E-state index in [4.69, 9.17) is 20.7 Å². The van der Waals surface area contributed by atoms with Crippen LogP contribution in [0.1, 0.15) is 55.2 Å². The van der Waals surface area contributed by atoms with E-state index >= 15 is 0 Å². The van der Waals surface area contributed by atoms with Gasteiger partial charge in [0.05, 0.1) is 13.2 Å². The summed E-state index contributed by atoms with van der Waals surface area (Å²) in [6.07, 6.45) is 0.495. The molecular formula is C44H55N8O8P. The third-order valence-electron chi connectivity index (χ3n) is 9.99. The van der Waals surface area contributed by atoms with Crippen molar-refractivity contribution in [2.75, 3.05) is 25.0 Å². The summed E-state index contributed by atoms with van der Waals surface area (Å²) in [6.45, 7) is 2.05. The lowest BCUT2D eigenvalue weighted by Gasteiger charge is -2.29. The number of aliphatic imine (C=N–C) groups is 1. The topological polar surface area (TPSA) is 249 Å². The number of nitrogens with two attached hydrogens (primary N) is 2. The molecule has 4 aromatic carbocycles. The van der Waals surface area contributed by atoms with E-state index in [2.05, 4.69) is 31.6 Å². The summed E-state index contributed by atoms with van der Waals surface area (Å²) >= 11 is 0. The Kier molecular flexibility index (Phi) is 17.3. The minimum atomic E-state index is -4.62. The van der Waals surface area contributed by atoms with E-state index in [9.17, 15) is 28.6 Å². The van der Waals surface area contributed by atoms with Gasteiger partial charge in [-0.3, -0.25) is 24.2 Å². The van der Waals surface area contributed by atoms with Crippen LogP contribution < -0.4 is 42.6 Å². The van der Waals surface area contributed by atoms with E-state index in [1.807, 2.05) is 84.9 Å². The fourth-order valence-electron chi connectivity index (χ4n) is 6.81. The molecule has 1 aliphatic rings. The maximum absolute atomic E-state index is 14.5. The molecule has 5 rings (SSSR count). The molecule has 17 heteroatoms. The summed E-state index contributed by atoms with van der Waals surface area (Å²) in [5.41, 5.74) is 14.4. The summed E-state index contributed by atoms with van der Waals surface area (Å²) in [5, 5.41) is 14.4. The van der Waals surface area contributed by atoms with E-state index in [1.165, 1.54) is 12.1 Å². The highest BCUT2D eigenvalue weighted by atomic mass is 31.2. The molecule has 0 saturated heterocycles. The third-order valence-corrected chi connectivity index (χ3v) is 11.6. The van der Waals surface area contributed by atoms with Crippen molar-refractivity contribution in [3.05, 3.63) is 132 Å². The lowest BCUT2D eigenvalue weighted by Crippen LogP contribution is -2.59. The van der Waals surface area contributed by atoms with E-state index in [0.29, 0.717) is 6.54 Å². The molecule has 0 aromatic heterocycles. The van der Waals surface area contributed by atoms with Crippen molar-refractivity contribution in [1.29, 1.82) is 0 Å². The number of para-hydroxylation sites is 2. The summed E-state index contributed by atoms with van der Waals surface area (Å²) in [4.78, 5) is 70.8. The average molecular weight is 855 g/mol. The second-order valence-electron chi connectivity index (χ2n) is 14.6. The standard InChI is InChI=1S/C44H55N8O8P/c1-2-39(53)49-36(25-30-15-6-3-7-16-30)41(54)51-38(29-59-28-31-17-8-4-9-18-31)43(56)50-37(26-32-27-48-35-22-13-12-21-34(32)35)42(55)52-40(23-14-24-47-44(45)46)61(57,58)60-33-19-10-5-11-20-33/h3-13,15-22,32,36-38,40,48H,2,14,23-29H2,1H3,(H,49,53)(H,50,56)(H,51,54)(H,52,55)(H,57,58)(H4,45,46,47)/t32-,36-,37+,38+,40-/m1/s1. The minimum Gasteiger partial charge on any atom is -0.423 e. The van der Waals surface area contributed by atoms with Gasteiger partial charge in [0.1, 0.15) is 29.7 Å². The number of nitrogens with zero attached hydrogens (tertiary/aromatic N) is 1. The van der Waals surface area contributed by atoms with Crippen molar-refractivity contribution in [2.24, 2.45) is 16.5 Å². The Balaban J connectivity index is 1.43. The highest BCUT2D eigenvalue weighted by Gasteiger charge is 2.39. The van der Waals surface area contributed by atoms with Crippen molar-refractivity contribution in [3.63, 3.8) is 0 Å². The van der Waals surface area contributed by atoms with Crippen molar-refractivity contribution in [3.8, 4) is 5.75 Å². The number of hydrogen-bond acceptors (Lipinski definition) is 9. The molecule has 10 N–H and O–H groups in total. The first-order valence-electron chi connectivity index (χ1n) is 20.2. The van der Waals surface area contributed by atoms with Gasteiger partial charge in [-0.1, -0.05) is 104 Å². The lowest BCUT2D eigenvalue weighted by atomic mass is 9.93. The Hall–Kier alpha value is -6.22. The number of ether oxygens (including phenoxy) is 1. The fourth-order valence-corrected chi connectivity index (χ4v) is 8.16. The molecule has 4 amide bonds. The average Bonchev–Trinajstić information content (AvgIpc) is 3.67. The predicted molar refractivity (Wildman–Crippen MR) is 233 cm³/mol. The van der Waals surface area contributed by atoms with E-state index in [-0.39, 0.29) is 75.4 Å². The maximum Gasteiger partial charge on any atom is 0.398 e. The van der Waals surface area contributed by atoms with Crippen LogP contribution in [0.15, 0.2) is 120 Å². The van der Waals surface area contributed by atoms with Crippen molar-refractivity contribution < 1.29 is 37.9 Å². The zero-order chi connectivity index (χ0) is 43.6. The van der Waals surface area contributed by atoms with Gasteiger partial charge < -0.3 is 52.2 Å². The van der Waals surface area contributed by atoms with Gasteiger partial charge >= 0.3 is 7.60 Å². The van der Waals surface area contributed by atoms with Gasteiger partial charge in [-0.25, -0.2) is 4.57 Å². The van der Waals surface area contributed by atoms with E-state index < -0.39 is 49.2 Å². The van der Waals surface area contributed by atoms with Crippen LogP contribution in [-0.2, 0) is 41.5 Å². The molecule has 1 heterocycles. The third kappa shape index (κ3) is 14.5. The van der Waals surface area contributed by atoms with Crippen molar-refractivity contribution in [2.45, 2.75) is 75.5 Å². The molecular weight excluding hydrogens is 800 g/mol. The van der Waals surface area contributed by atoms with Crippen molar-refractivity contribution in [1.82, 2.24) is 21.3 Å². The largest absolute Gasteiger partial charge is 0.423 e. The first kappa shape index (κ1) is 45.9. The predicted octanol–water partition coefficient (Wildman–Crippen LogP) is 3.67. The number of anilines is 1. The van der Waals surface area contributed by atoms with Crippen LogP contribution in [0.4, 0.5) is 5.69 Å². The molecule has 0 bridgehead atoms. The molecule has 1 unspecified atom stereocenters. The van der Waals surface area contributed by atoms with Gasteiger partial charge in [-0.15, -0.1) is 0 Å². The Morgan fingerprint density at radius 2 is 1.38 bits per heavy atom. The number of carbonyl (C=O) groups is 4. The molecule has 0 radical (unpaired) electrons. The van der Waals surface area contributed by atoms with Crippen LogP contribution in [0.25, 0.3) is 0 Å². The van der Waals surface area contributed by atoms with Crippen LogP contribution in [0.5, 0.6) is 5.75 Å². The number of carbonyl (C=O) groups excluding carboxylic acids is 4. The quantitative estimate of drug-likeness (QED) is 0.0232. The Morgan fingerprint density at radius 3 is 2.05 bits per heavy atom. The summed E-state index contributed by atoms with van der Waals surface area (Å²) < 4.78 is 25.4. The van der Waals surface area contributed by atoms with Gasteiger partial charge in [0, 0.05) is 37.5 Å². The lowest BCUT2D eigenvalue weighted by molar-refractivity contribution is -0.135. The number of fused-ring (bicyclic) bond motifs is 1. The maximum atomic E-state index is 14.5. The first-order chi connectivity index (χ1) is 29.4. The van der Waals surface area contributed by atoms with E-state index in [1.54, 1.807) is 25.1 Å². The summed E-state index contributed by atoms with van der Waals surface area (Å²) in [6, 6.07) is 30.4. The SMILES string of the molecule is CCC(=O)N[C@H](Cc1ccccc1)C(=O)N[C@@H](COCc1ccccc1)C(=O)N[C@@H](C[C@@H]1CNc2ccccc21)C(=O)N[C@@H](CCCN=C(N)N)P(=O)(O)Oc1ccccc1. The van der Waals surface area contributed by atoms with Gasteiger partial charge in [-0.2, -0.15) is 0 Å². The zero-order valence-corrected chi connectivity index (χ0v) is 35.0. The number of guanidine groups is 1. The Bertz CT molecular complexity index is 2130. The van der Waals surface area contributed by atoms with Gasteiger partial charge in [0.15, 0.2) is 5.96 Å². The highest BCUT2D eigenvalue weighted by molar-refractivity contribution is 7.54. The fraction of sp³-hybridized carbons (Fsp3) is 0.341. The van der Waals surface area contributed by atoms with Crippen LogP contribution in [0.2, 0.25) is 0 Å². The molecule has 324 valence electrons. The highest BCUT2D eigenvalue weighted by Crippen LogP contribution is 2.48. The normalized spacial score (nSPS) is 15.9. The molecule has 0 saturated carbocycles. The molecule has 0 aliphatic carbocycles.